The van der Waals surface area contributed by atoms with Crippen molar-refractivity contribution in [3.05, 3.63) is 96.0 Å². The molecule has 0 aliphatic carbocycles. The molecule has 0 radical (unpaired) electrons. The molecular formula is C23H17N5O2S. The summed E-state index contributed by atoms with van der Waals surface area (Å²) >= 11 is 1.31. The van der Waals surface area contributed by atoms with Crippen LogP contribution in [-0.2, 0) is 6.54 Å². The molecule has 1 aromatic carbocycles. The van der Waals surface area contributed by atoms with Crippen molar-refractivity contribution in [1.82, 2.24) is 25.1 Å². The van der Waals surface area contributed by atoms with E-state index in [1.54, 1.807) is 29.4 Å². The molecule has 1 amide bonds. The van der Waals surface area contributed by atoms with Crippen molar-refractivity contribution < 1.29 is 9.21 Å². The van der Waals surface area contributed by atoms with E-state index >= 15 is 0 Å². The van der Waals surface area contributed by atoms with Crippen LogP contribution in [0.1, 0.15) is 15.2 Å². The minimum Gasteiger partial charge on any atom is -0.462 e. The van der Waals surface area contributed by atoms with Crippen LogP contribution < -0.4 is 5.32 Å². The van der Waals surface area contributed by atoms with Gasteiger partial charge in [-0.1, -0.05) is 36.4 Å². The Hall–Kier alpha value is -4.04. The molecule has 0 saturated heterocycles. The fraction of sp³-hybridized carbons (Fsp3) is 0.0435. The van der Waals surface area contributed by atoms with Crippen molar-refractivity contribution in [2.75, 3.05) is 0 Å². The summed E-state index contributed by atoms with van der Waals surface area (Å²) in [4.78, 5) is 22.8. The van der Waals surface area contributed by atoms with Gasteiger partial charge in [-0.15, -0.1) is 11.3 Å². The molecular weight excluding hydrogens is 410 g/mol. The highest BCUT2D eigenvalue weighted by molar-refractivity contribution is 7.17. The first-order valence-electron chi connectivity index (χ1n) is 9.62. The smallest absolute Gasteiger partial charge is 0.263 e. The van der Waals surface area contributed by atoms with Gasteiger partial charge in [0.15, 0.2) is 16.6 Å². The molecule has 0 bridgehead atoms. The second-order valence-corrected chi connectivity index (χ2v) is 7.66. The van der Waals surface area contributed by atoms with Crippen molar-refractivity contribution in [1.29, 1.82) is 0 Å². The van der Waals surface area contributed by atoms with Gasteiger partial charge in [-0.3, -0.25) is 4.79 Å². The summed E-state index contributed by atoms with van der Waals surface area (Å²) in [6, 6.07) is 18.9. The molecule has 5 rings (SSSR count). The molecule has 31 heavy (non-hydrogen) atoms. The fourth-order valence-electron chi connectivity index (χ4n) is 3.20. The van der Waals surface area contributed by atoms with Crippen LogP contribution in [0.25, 0.3) is 27.8 Å². The molecule has 0 spiro atoms. The number of nitrogens with zero attached hydrogens (tertiary/aromatic N) is 4. The first-order chi connectivity index (χ1) is 15.3. The van der Waals surface area contributed by atoms with Crippen LogP contribution in [0.4, 0.5) is 0 Å². The number of benzene rings is 1. The number of nitrogens with one attached hydrogen (secondary N) is 1. The van der Waals surface area contributed by atoms with Crippen molar-refractivity contribution in [2.45, 2.75) is 6.54 Å². The lowest BCUT2D eigenvalue weighted by atomic mass is 10.1. The van der Waals surface area contributed by atoms with Gasteiger partial charge in [0, 0.05) is 36.3 Å². The summed E-state index contributed by atoms with van der Waals surface area (Å²) in [6.45, 7) is 0.310. The van der Waals surface area contributed by atoms with E-state index in [0.29, 0.717) is 33.7 Å². The van der Waals surface area contributed by atoms with E-state index in [2.05, 4.69) is 15.4 Å². The van der Waals surface area contributed by atoms with Gasteiger partial charge in [0.05, 0.1) is 12.0 Å². The standard InChI is InChI=1S/C23H17N5O2S/c29-22(25-15-17-9-4-11-24-21(17)28-13-6-12-26-28)20-19(16-7-2-1-3-8-16)27-23(31-20)18-10-5-14-30-18/h1-14H,15H2,(H,25,29). The van der Waals surface area contributed by atoms with E-state index < -0.39 is 0 Å². The van der Waals surface area contributed by atoms with E-state index in [4.69, 9.17) is 9.40 Å². The van der Waals surface area contributed by atoms with Crippen LogP contribution in [0, 0.1) is 0 Å². The van der Waals surface area contributed by atoms with Crippen LogP contribution in [0.3, 0.4) is 0 Å². The van der Waals surface area contributed by atoms with E-state index in [1.807, 2.05) is 60.8 Å². The average Bonchev–Trinajstić information content (AvgIpc) is 3.59. The van der Waals surface area contributed by atoms with Gasteiger partial charge in [-0.05, 0) is 24.3 Å². The molecule has 0 saturated carbocycles. The Kier molecular flexibility index (Phi) is 5.12. The van der Waals surface area contributed by atoms with Crippen LogP contribution in [0.15, 0.2) is 89.9 Å². The summed E-state index contributed by atoms with van der Waals surface area (Å²) in [5.74, 6) is 1.11. The van der Waals surface area contributed by atoms with Crippen LogP contribution in [-0.4, -0.2) is 25.7 Å². The van der Waals surface area contributed by atoms with Crippen LogP contribution in [0.2, 0.25) is 0 Å². The summed E-state index contributed by atoms with van der Waals surface area (Å²) in [7, 11) is 0. The number of aromatic nitrogens is 4. The van der Waals surface area contributed by atoms with Gasteiger partial charge in [-0.25, -0.2) is 14.6 Å². The average molecular weight is 427 g/mol. The van der Waals surface area contributed by atoms with Crippen molar-refractivity contribution in [2.24, 2.45) is 0 Å². The van der Waals surface area contributed by atoms with Crippen LogP contribution >= 0.6 is 11.3 Å². The quantitative estimate of drug-likeness (QED) is 0.429. The Labute approximate surface area is 182 Å². The van der Waals surface area contributed by atoms with Crippen LogP contribution in [0.5, 0.6) is 0 Å². The maximum absolute atomic E-state index is 13.2. The molecule has 152 valence electrons. The number of rotatable bonds is 6. The number of amides is 1. The minimum atomic E-state index is -0.204. The Balaban J connectivity index is 1.45. The van der Waals surface area contributed by atoms with Crippen molar-refractivity contribution in [3.63, 3.8) is 0 Å². The fourth-order valence-corrected chi connectivity index (χ4v) is 4.17. The molecule has 1 N–H and O–H groups in total. The molecule has 5 aromatic rings. The maximum atomic E-state index is 13.2. The highest BCUT2D eigenvalue weighted by Gasteiger charge is 2.21. The number of pyridine rings is 1. The van der Waals surface area contributed by atoms with Crippen molar-refractivity contribution in [3.8, 4) is 27.8 Å². The molecule has 0 atom stereocenters. The summed E-state index contributed by atoms with van der Waals surface area (Å²) in [5, 5.41) is 7.91. The number of furan rings is 1. The molecule has 0 aliphatic heterocycles. The monoisotopic (exact) mass is 427 g/mol. The lowest BCUT2D eigenvalue weighted by Crippen LogP contribution is -2.23. The lowest BCUT2D eigenvalue weighted by molar-refractivity contribution is 0.0955. The topological polar surface area (TPSA) is 85.8 Å². The second-order valence-electron chi connectivity index (χ2n) is 6.66. The summed E-state index contributed by atoms with van der Waals surface area (Å²) < 4.78 is 7.17. The van der Waals surface area contributed by atoms with Gasteiger partial charge in [0.25, 0.3) is 5.91 Å². The molecule has 7 nitrogen and oxygen atoms in total. The molecule has 8 heteroatoms. The lowest BCUT2D eigenvalue weighted by Gasteiger charge is -2.09. The third-order valence-corrected chi connectivity index (χ3v) is 5.71. The normalized spacial score (nSPS) is 10.8. The van der Waals surface area contributed by atoms with Gasteiger partial charge in [0.2, 0.25) is 0 Å². The maximum Gasteiger partial charge on any atom is 0.263 e. The Morgan fingerprint density at radius 1 is 1.03 bits per heavy atom. The number of hydrogen-bond donors (Lipinski definition) is 1. The first-order valence-corrected chi connectivity index (χ1v) is 10.4. The molecule has 0 unspecified atom stereocenters. The van der Waals surface area contributed by atoms with E-state index in [1.165, 1.54) is 11.3 Å². The van der Waals surface area contributed by atoms with E-state index in [-0.39, 0.29) is 5.91 Å². The third kappa shape index (κ3) is 3.88. The second kappa shape index (κ2) is 8.37. The predicted octanol–water partition coefficient (Wildman–Crippen LogP) is 4.58. The number of carbonyl (C=O) groups is 1. The van der Waals surface area contributed by atoms with Gasteiger partial charge in [0.1, 0.15) is 4.88 Å². The summed E-state index contributed by atoms with van der Waals surface area (Å²) in [6.07, 6.45) is 6.81. The van der Waals surface area contributed by atoms with E-state index in [9.17, 15) is 4.79 Å². The largest absolute Gasteiger partial charge is 0.462 e. The Morgan fingerprint density at radius 3 is 2.71 bits per heavy atom. The molecule has 0 aliphatic rings. The summed E-state index contributed by atoms with van der Waals surface area (Å²) in [5.41, 5.74) is 2.37. The van der Waals surface area contributed by atoms with Gasteiger partial charge < -0.3 is 9.73 Å². The highest BCUT2D eigenvalue weighted by atomic mass is 32.1. The predicted molar refractivity (Wildman–Crippen MR) is 118 cm³/mol. The Morgan fingerprint density at radius 2 is 1.94 bits per heavy atom. The minimum absolute atomic E-state index is 0.204. The van der Waals surface area contributed by atoms with Crippen molar-refractivity contribution >= 4 is 17.2 Å². The highest BCUT2D eigenvalue weighted by Crippen LogP contribution is 2.34. The zero-order valence-electron chi connectivity index (χ0n) is 16.3. The SMILES string of the molecule is O=C(NCc1cccnc1-n1cccn1)c1sc(-c2ccco2)nc1-c1ccccc1. The number of carbonyl (C=O) groups excluding carboxylic acids is 1. The first kappa shape index (κ1) is 19.0. The molecule has 4 heterocycles. The number of hydrogen-bond acceptors (Lipinski definition) is 6. The third-order valence-electron chi connectivity index (χ3n) is 4.64. The van der Waals surface area contributed by atoms with Gasteiger partial charge in [-0.2, -0.15) is 5.10 Å². The molecule has 4 aromatic heterocycles. The Bertz CT molecular complexity index is 1300. The zero-order chi connectivity index (χ0) is 21.0. The molecule has 0 fully saturated rings. The zero-order valence-corrected chi connectivity index (χ0v) is 17.1. The van der Waals surface area contributed by atoms with Gasteiger partial charge >= 0.3 is 0 Å². The number of thiazole rings is 1. The van der Waals surface area contributed by atoms with E-state index in [0.717, 1.165) is 11.1 Å².